The van der Waals surface area contributed by atoms with E-state index < -0.39 is 17.7 Å². The number of hydrogen-bond acceptors (Lipinski definition) is 4. The standard InChI is InChI=1S/C13H12FN3O3/c1-20-13(19)7-2-3-9(14)10(4-7)17-12(18)11-5-8(15)6-16-11/h2-6,16H,15H2,1H3,(H,17,18). The molecule has 0 fully saturated rings. The maximum absolute atomic E-state index is 13.6. The van der Waals surface area contributed by atoms with Gasteiger partial charge in [-0.1, -0.05) is 0 Å². The Balaban J connectivity index is 2.24. The van der Waals surface area contributed by atoms with Crippen molar-refractivity contribution in [1.82, 2.24) is 4.98 Å². The summed E-state index contributed by atoms with van der Waals surface area (Å²) in [6, 6.07) is 4.96. The first-order valence-electron chi connectivity index (χ1n) is 5.64. The molecule has 2 rings (SSSR count). The van der Waals surface area contributed by atoms with Gasteiger partial charge in [-0.2, -0.15) is 0 Å². The summed E-state index contributed by atoms with van der Waals surface area (Å²) in [6.07, 6.45) is 1.44. The first kappa shape index (κ1) is 13.6. The number of nitrogens with two attached hydrogens (primary N) is 1. The van der Waals surface area contributed by atoms with Gasteiger partial charge in [0.1, 0.15) is 11.5 Å². The molecule has 0 atom stereocenters. The van der Waals surface area contributed by atoms with Crippen molar-refractivity contribution in [1.29, 1.82) is 0 Å². The molecule has 0 unspecified atom stereocenters. The zero-order chi connectivity index (χ0) is 14.7. The van der Waals surface area contributed by atoms with Gasteiger partial charge in [0.25, 0.3) is 5.91 Å². The fourth-order valence-electron chi connectivity index (χ4n) is 1.60. The highest BCUT2D eigenvalue weighted by Crippen LogP contribution is 2.18. The number of carbonyl (C=O) groups is 2. The van der Waals surface area contributed by atoms with Gasteiger partial charge in [0.15, 0.2) is 0 Å². The van der Waals surface area contributed by atoms with E-state index in [4.69, 9.17) is 5.73 Å². The number of aromatic nitrogens is 1. The maximum atomic E-state index is 13.6. The Morgan fingerprint density at radius 1 is 1.35 bits per heavy atom. The summed E-state index contributed by atoms with van der Waals surface area (Å²) in [5.74, 6) is -1.85. The predicted molar refractivity (Wildman–Crippen MR) is 70.9 cm³/mol. The molecule has 0 saturated carbocycles. The van der Waals surface area contributed by atoms with Crippen LogP contribution in [0, 0.1) is 5.82 Å². The van der Waals surface area contributed by atoms with Crippen molar-refractivity contribution in [2.24, 2.45) is 0 Å². The van der Waals surface area contributed by atoms with Crippen LogP contribution in [0.5, 0.6) is 0 Å². The van der Waals surface area contributed by atoms with Crippen molar-refractivity contribution in [2.45, 2.75) is 0 Å². The number of esters is 1. The first-order chi connectivity index (χ1) is 9.51. The molecule has 0 aliphatic heterocycles. The molecule has 1 aromatic carbocycles. The number of H-pyrrole nitrogens is 1. The summed E-state index contributed by atoms with van der Waals surface area (Å²) in [4.78, 5) is 25.8. The highest BCUT2D eigenvalue weighted by molar-refractivity contribution is 6.04. The molecule has 1 amide bonds. The van der Waals surface area contributed by atoms with Crippen molar-refractivity contribution in [3.63, 3.8) is 0 Å². The van der Waals surface area contributed by atoms with Gasteiger partial charge >= 0.3 is 5.97 Å². The van der Waals surface area contributed by atoms with E-state index in [0.717, 1.165) is 6.07 Å². The maximum Gasteiger partial charge on any atom is 0.337 e. The van der Waals surface area contributed by atoms with Crippen LogP contribution in [-0.2, 0) is 4.74 Å². The van der Waals surface area contributed by atoms with Crippen molar-refractivity contribution < 1.29 is 18.7 Å². The van der Waals surface area contributed by atoms with Crippen LogP contribution >= 0.6 is 0 Å². The van der Waals surface area contributed by atoms with E-state index in [0.29, 0.717) is 5.69 Å². The Hall–Kier alpha value is -2.83. The highest BCUT2D eigenvalue weighted by Gasteiger charge is 2.14. The van der Waals surface area contributed by atoms with E-state index in [1.807, 2.05) is 0 Å². The summed E-state index contributed by atoms with van der Waals surface area (Å²) >= 11 is 0. The molecule has 1 aromatic heterocycles. The van der Waals surface area contributed by atoms with Crippen LogP contribution in [0.3, 0.4) is 0 Å². The zero-order valence-corrected chi connectivity index (χ0v) is 10.6. The van der Waals surface area contributed by atoms with E-state index in [9.17, 15) is 14.0 Å². The lowest BCUT2D eigenvalue weighted by Crippen LogP contribution is -2.14. The molecule has 4 N–H and O–H groups in total. The molecule has 20 heavy (non-hydrogen) atoms. The van der Waals surface area contributed by atoms with Crippen LogP contribution in [0.4, 0.5) is 15.8 Å². The van der Waals surface area contributed by atoms with Gasteiger partial charge in [0.2, 0.25) is 0 Å². The van der Waals surface area contributed by atoms with E-state index in [1.54, 1.807) is 0 Å². The van der Waals surface area contributed by atoms with Crippen molar-refractivity contribution in [3.8, 4) is 0 Å². The fraction of sp³-hybridized carbons (Fsp3) is 0.0769. The molecule has 104 valence electrons. The molecule has 0 bridgehead atoms. The minimum atomic E-state index is -0.662. The Morgan fingerprint density at radius 2 is 2.10 bits per heavy atom. The summed E-state index contributed by atoms with van der Waals surface area (Å²) < 4.78 is 18.1. The molecular formula is C13H12FN3O3. The smallest absolute Gasteiger partial charge is 0.337 e. The van der Waals surface area contributed by atoms with Crippen LogP contribution < -0.4 is 11.1 Å². The first-order valence-corrected chi connectivity index (χ1v) is 5.64. The van der Waals surface area contributed by atoms with Crippen LogP contribution in [0.15, 0.2) is 30.5 Å². The number of ether oxygens (including phenoxy) is 1. The van der Waals surface area contributed by atoms with Crippen LogP contribution in [0.1, 0.15) is 20.8 Å². The fourth-order valence-corrected chi connectivity index (χ4v) is 1.60. The largest absolute Gasteiger partial charge is 0.465 e. The van der Waals surface area contributed by atoms with Crippen LogP contribution in [-0.4, -0.2) is 24.0 Å². The SMILES string of the molecule is COC(=O)c1ccc(F)c(NC(=O)c2cc(N)c[nH]2)c1. The third kappa shape index (κ3) is 2.77. The summed E-state index contributed by atoms with van der Waals surface area (Å²) in [5.41, 5.74) is 6.06. The van der Waals surface area contributed by atoms with Crippen molar-refractivity contribution >= 4 is 23.3 Å². The van der Waals surface area contributed by atoms with E-state index in [-0.39, 0.29) is 16.9 Å². The van der Waals surface area contributed by atoms with Gasteiger partial charge in [-0.05, 0) is 24.3 Å². The van der Waals surface area contributed by atoms with Gasteiger partial charge in [-0.3, -0.25) is 4.79 Å². The third-order valence-electron chi connectivity index (χ3n) is 2.59. The molecule has 1 heterocycles. The second kappa shape index (κ2) is 5.43. The molecule has 0 spiro atoms. The number of methoxy groups -OCH3 is 1. The number of rotatable bonds is 3. The number of carbonyl (C=O) groups excluding carboxylic acids is 2. The second-order valence-electron chi connectivity index (χ2n) is 3.99. The Morgan fingerprint density at radius 3 is 2.70 bits per heavy atom. The number of aromatic amines is 1. The van der Waals surface area contributed by atoms with Gasteiger partial charge < -0.3 is 20.8 Å². The average molecular weight is 277 g/mol. The van der Waals surface area contributed by atoms with Gasteiger partial charge in [0, 0.05) is 11.9 Å². The Bertz CT molecular complexity index is 667. The normalized spacial score (nSPS) is 10.1. The topological polar surface area (TPSA) is 97.2 Å². The van der Waals surface area contributed by atoms with Gasteiger partial charge in [0.05, 0.1) is 18.4 Å². The Labute approximate surface area is 113 Å². The lowest BCUT2D eigenvalue weighted by atomic mass is 10.2. The average Bonchev–Trinajstić information content (AvgIpc) is 2.87. The molecule has 0 aliphatic rings. The number of nitrogens with one attached hydrogen (secondary N) is 2. The third-order valence-corrected chi connectivity index (χ3v) is 2.59. The molecule has 0 saturated heterocycles. The summed E-state index contributed by atoms with van der Waals surface area (Å²) in [6.45, 7) is 0. The summed E-state index contributed by atoms with van der Waals surface area (Å²) in [7, 11) is 1.21. The predicted octanol–water partition coefficient (Wildman–Crippen LogP) is 1.77. The monoisotopic (exact) mass is 277 g/mol. The molecule has 0 radical (unpaired) electrons. The Kier molecular flexibility index (Phi) is 3.69. The van der Waals surface area contributed by atoms with E-state index >= 15 is 0 Å². The lowest BCUT2D eigenvalue weighted by molar-refractivity contribution is 0.0600. The summed E-state index contributed by atoms with van der Waals surface area (Å²) in [5, 5.41) is 2.35. The second-order valence-corrected chi connectivity index (χ2v) is 3.99. The minimum absolute atomic E-state index is 0.119. The number of nitrogen functional groups attached to an aromatic ring is 1. The molecule has 0 aliphatic carbocycles. The minimum Gasteiger partial charge on any atom is -0.465 e. The molecule has 6 nitrogen and oxygen atoms in total. The van der Waals surface area contributed by atoms with Crippen LogP contribution in [0.2, 0.25) is 0 Å². The van der Waals surface area contributed by atoms with E-state index in [2.05, 4.69) is 15.0 Å². The molecule has 2 aromatic rings. The number of hydrogen-bond donors (Lipinski definition) is 3. The number of halogens is 1. The number of amides is 1. The quantitative estimate of drug-likeness (QED) is 0.745. The lowest BCUT2D eigenvalue weighted by Gasteiger charge is -2.07. The molecular weight excluding hydrogens is 265 g/mol. The van der Waals surface area contributed by atoms with Crippen molar-refractivity contribution in [3.05, 3.63) is 47.5 Å². The van der Waals surface area contributed by atoms with Gasteiger partial charge in [-0.25, -0.2) is 9.18 Å². The number of benzene rings is 1. The zero-order valence-electron chi connectivity index (χ0n) is 10.6. The number of anilines is 2. The van der Waals surface area contributed by atoms with Crippen molar-refractivity contribution in [2.75, 3.05) is 18.2 Å². The highest BCUT2D eigenvalue weighted by atomic mass is 19.1. The van der Waals surface area contributed by atoms with Gasteiger partial charge in [-0.15, -0.1) is 0 Å². The molecule has 7 heteroatoms. The van der Waals surface area contributed by atoms with Crippen LogP contribution in [0.25, 0.3) is 0 Å². The van der Waals surface area contributed by atoms with E-state index in [1.165, 1.54) is 31.5 Å².